The number of nitrogens with zero attached hydrogens (tertiary/aromatic N) is 2. The van der Waals surface area contributed by atoms with Crippen molar-refractivity contribution in [3.05, 3.63) is 58.1 Å². The maximum Gasteiger partial charge on any atom is 0.193 e. The fourth-order valence-corrected chi connectivity index (χ4v) is 3.11. The van der Waals surface area contributed by atoms with Gasteiger partial charge < -0.3 is 5.32 Å². The predicted molar refractivity (Wildman–Crippen MR) is 80.0 cm³/mol. The summed E-state index contributed by atoms with van der Waals surface area (Å²) in [6, 6.07) is 4.86. The van der Waals surface area contributed by atoms with Gasteiger partial charge in [-0.05, 0) is 24.7 Å². The Hall–Kier alpha value is -1.43. The molecule has 0 radical (unpaired) electrons. The average molecular weight is 310 g/mol. The molecule has 0 amide bonds. The SMILES string of the molecule is CNC(Cc1cn2ccsc2n1)c1ccc(F)c(Cl)c1. The molecule has 1 atom stereocenters. The second kappa shape index (κ2) is 5.52. The minimum absolute atomic E-state index is 0.0534. The van der Waals surface area contributed by atoms with Gasteiger partial charge in [-0.3, -0.25) is 4.40 Å². The van der Waals surface area contributed by atoms with Crippen LogP contribution in [0.15, 0.2) is 36.0 Å². The van der Waals surface area contributed by atoms with Crippen LogP contribution in [0.25, 0.3) is 4.96 Å². The van der Waals surface area contributed by atoms with Crippen molar-refractivity contribution in [2.45, 2.75) is 12.5 Å². The molecule has 0 spiro atoms. The lowest BCUT2D eigenvalue weighted by atomic mass is 10.0. The second-order valence-electron chi connectivity index (χ2n) is 4.54. The highest BCUT2D eigenvalue weighted by atomic mass is 35.5. The van der Waals surface area contributed by atoms with Gasteiger partial charge in [0.25, 0.3) is 0 Å². The first-order valence-electron chi connectivity index (χ1n) is 6.20. The molecule has 0 saturated carbocycles. The van der Waals surface area contributed by atoms with Crippen molar-refractivity contribution < 1.29 is 4.39 Å². The summed E-state index contributed by atoms with van der Waals surface area (Å²) in [5.74, 6) is -0.396. The summed E-state index contributed by atoms with van der Waals surface area (Å²) in [6.45, 7) is 0. The lowest BCUT2D eigenvalue weighted by molar-refractivity contribution is 0.581. The molecule has 2 aromatic heterocycles. The Morgan fingerprint density at radius 3 is 3.05 bits per heavy atom. The van der Waals surface area contributed by atoms with E-state index in [1.807, 2.05) is 29.2 Å². The Balaban J connectivity index is 1.85. The summed E-state index contributed by atoms with van der Waals surface area (Å²) >= 11 is 7.45. The molecule has 6 heteroatoms. The zero-order chi connectivity index (χ0) is 14.1. The van der Waals surface area contributed by atoms with Crippen LogP contribution in [0.4, 0.5) is 4.39 Å². The van der Waals surface area contributed by atoms with Gasteiger partial charge in [0.05, 0.1) is 10.7 Å². The van der Waals surface area contributed by atoms with Crippen molar-refractivity contribution in [3.8, 4) is 0 Å². The number of hydrogen-bond acceptors (Lipinski definition) is 3. The number of rotatable bonds is 4. The van der Waals surface area contributed by atoms with Crippen LogP contribution in [0, 0.1) is 5.82 Å². The van der Waals surface area contributed by atoms with Gasteiger partial charge in [0.1, 0.15) is 5.82 Å². The van der Waals surface area contributed by atoms with Gasteiger partial charge in [0.2, 0.25) is 0 Å². The van der Waals surface area contributed by atoms with Crippen molar-refractivity contribution in [2.75, 3.05) is 7.05 Å². The molecule has 0 aliphatic rings. The highest BCUT2D eigenvalue weighted by Crippen LogP contribution is 2.24. The van der Waals surface area contributed by atoms with Crippen LogP contribution in [-0.2, 0) is 6.42 Å². The van der Waals surface area contributed by atoms with Crippen molar-refractivity contribution in [3.63, 3.8) is 0 Å². The van der Waals surface area contributed by atoms with Crippen LogP contribution in [0.5, 0.6) is 0 Å². The Bertz CT molecular complexity index is 708. The molecule has 0 saturated heterocycles. The van der Waals surface area contributed by atoms with Crippen LogP contribution < -0.4 is 5.32 Å². The number of aromatic nitrogens is 2. The van der Waals surface area contributed by atoms with E-state index >= 15 is 0 Å². The lowest BCUT2D eigenvalue weighted by Gasteiger charge is -2.15. The van der Waals surface area contributed by atoms with Gasteiger partial charge in [-0.1, -0.05) is 17.7 Å². The standard InChI is InChI=1S/C14H13ClFN3S/c1-17-13(9-2-3-12(16)11(15)6-9)7-10-8-19-4-5-20-14(19)18-10/h2-6,8,13,17H,7H2,1H3. The highest BCUT2D eigenvalue weighted by Gasteiger charge is 2.14. The van der Waals surface area contributed by atoms with E-state index in [4.69, 9.17) is 11.6 Å². The summed E-state index contributed by atoms with van der Waals surface area (Å²) in [6.07, 6.45) is 4.73. The van der Waals surface area contributed by atoms with Crippen LogP contribution in [-0.4, -0.2) is 16.4 Å². The molecule has 1 aromatic carbocycles. The smallest absolute Gasteiger partial charge is 0.193 e. The summed E-state index contributed by atoms with van der Waals surface area (Å²) in [5.41, 5.74) is 1.95. The maximum absolute atomic E-state index is 13.2. The molecule has 0 aliphatic heterocycles. The van der Waals surface area contributed by atoms with Gasteiger partial charge in [0.15, 0.2) is 4.96 Å². The number of thiazole rings is 1. The van der Waals surface area contributed by atoms with E-state index in [1.54, 1.807) is 23.5 Å². The highest BCUT2D eigenvalue weighted by molar-refractivity contribution is 7.15. The molecular weight excluding hydrogens is 297 g/mol. The van der Waals surface area contributed by atoms with E-state index in [0.717, 1.165) is 22.6 Å². The van der Waals surface area contributed by atoms with Crippen LogP contribution in [0.2, 0.25) is 5.02 Å². The molecule has 2 heterocycles. The molecular formula is C14H13ClFN3S. The first kappa shape index (κ1) is 13.5. The minimum Gasteiger partial charge on any atom is -0.313 e. The lowest BCUT2D eigenvalue weighted by Crippen LogP contribution is -2.19. The van der Waals surface area contributed by atoms with Crippen LogP contribution in [0.1, 0.15) is 17.3 Å². The van der Waals surface area contributed by atoms with Crippen molar-refractivity contribution in [2.24, 2.45) is 0 Å². The van der Waals surface area contributed by atoms with E-state index in [1.165, 1.54) is 6.07 Å². The molecule has 0 bridgehead atoms. The number of halogens is 2. The number of hydrogen-bond donors (Lipinski definition) is 1. The largest absolute Gasteiger partial charge is 0.313 e. The van der Waals surface area contributed by atoms with E-state index in [2.05, 4.69) is 10.3 Å². The van der Waals surface area contributed by atoms with Crippen molar-refractivity contribution in [1.29, 1.82) is 0 Å². The van der Waals surface area contributed by atoms with E-state index in [9.17, 15) is 4.39 Å². The zero-order valence-corrected chi connectivity index (χ0v) is 12.4. The molecule has 3 rings (SSSR count). The molecule has 0 fully saturated rings. The van der Waals surface area contributed by atoms with Crippen molar-refractivity contribution in [1.82, 2.24) is 14.7 Å². The third-order valence-electron chi connectivity index (χ3n) is 3.25. The summed E-state index contributed by atoms with van der Waals surface area (Å²) in [5, 5.41) is 5.37. The van der Waals surface area contributed by atoms with E-state index in [-0.39, 0.29) is 11.1 Å². The average Bonchev–Trinajstić information content (AvgIpc) is 3.00. The third-order valence-corrected chi connectivity index (χ3v) is 4.31. The Kier molecular flexibility index (Phi) is 3.74. The number of imidazole rings is 1. The summed E-state index contributed by atoms with van der Waals surface area (Å²) < 4.78 is 15.2. The number of fused-ring (bicyclic) bond motifs is 1. The molecule has 3 aromatic rings. The minimum atomic E-state index is -0.396. The number of likely N-dealkylation sites (N-methyl/N-ethyl adjacent to an activating group) is 1. The molecule has 1 N–H and O–H groups in total. The quantitative estimate of drug-likeness (QED) is 0.796. The van der Waals surface area contributed by atoms with Crippen LogP contribution in [0.3, 0.4) is 0 Å². The summed E-state index contributed by atoms with van der Waals surface area (Å²) in [4.78, 5) is 5.54. The topological polar surface area (TPSA) is 29.3 Å². The third kappa shape index (κ3) is 2.57. The maximum atomic E-state index is 13.2. The van der Waals surface area contributed by atoms with E-state index in [0.29, 0.717) is 0 Å². The second-order valence-corrected chi connectivity index (χ2v) is 5.82. The van der Waals surface area contributed by atoms with Gasteiger partial charge >= 0.3 is 0 Å². The molecule has 1 unspecified atom stereocenters. The van der Waals surface area contributed by atoms with Crippen molar-refractivity contribution >= 4 is 27.9 Å². The Morgan fingerprint density at radius 2 is 2.35 bits per heavy atom. The van der Waals surface area contributed by atoms with Gasteiger partial charge in [-0.2, -0.15) is 0 Å². The Morgan fingerprint density at radius 1 is 1.50 bits per heavy atom. The fraction of sp³-hybridized carbons (Fsp3) is 0.214. The van der Waals surface area contributed by atoms with Crippen LogP contribution >= 0.6 is 22.9 Å². The Labute approximate surface area is 125 Å². The molecule has 104 valence electrons. The first-order valence-corrected chi connectivity index (χ1v) is 7.46. The molecule has 20 heavy (non-hydrogen) atoms. The van der Waals surface area contributed by atoms with Gasteiger partial charge in [0, 0.05) is 30.2 Å². The fourth-order valence-electron chi connectivity index (χ4n) is 2.20. The van der Waals surface area contributed by atoms with Gasteiger partial charge in [-0.25, -0.2) is 9.37 Å². The number of nitrogens with one attached hydrogen (secondary N) is 1. The van der Waals surface area contributed by atoms with Gasteiger partial charge in [-0.15, -0.1) is 11.3 Å². The molecule has 0 aliphatic carbocycles. The first-order chi connectivity index (χ1) is 9.67. The zero-order valence-electron chi connectivity index (χ0n) is 10.8. The number of benzene rings is 1. The summed E-state index contributed by atoms with van der Waals surface area (Å²) in [7, 11) is 1.88. The van der Waals surface area contributed by atoms with E-state index < -0.39 is 5.82 Å². The predicted octanol–water partition coefficient (Wildman–Crippen LogP) is 3.69. The monoisotopic (exact) mass is 309 g/mol. The molecule has 3 nitrogen and oxygen atoms in total. The normalized spacial score (nSPS) is 12.9.